The van der Waals surface area contributed by atoms with E-state index >= 15 is 0 Å². The highest BCUT2D eigenvalue weighted by atomic mass is 36.0. The average Bonchev–Trinajstić information content (AvgIpc) is 1.68. The van der Waals surface area contributed by atoms with Crippen LogP contribution in [0.25, 0.3) is 0 Å². The molecule has 0 heterocycles. The van der Waals surface area contributed by atoms with Crippen molar-refractivity contribution in [1.82, 2.24) is 0 Å². The largest absolute Gasteiger partial charge is 0.0917 e. The molecule has 0 aliphatic rings. The van der Waals surface area contributed by atoms with Gasteiger partial charge in [0.25, 0.3) is 0 Å². The molecule has 0 aromatic rings. The van der Waals surface area contributed by atoms with Crippen LogP contribution in [0.1, 0.15) is 0 Å². The van der Waals surface area contributed by atoms with Crippen molar-refractivity contribution in [3.05, 3.63) is 24.0 Å². The van der Waals surface area contributed by atoms with Gasteiger partial charge in [-0.15, -0.1) is 0 Å². The standard InChI is InChI=1S/C4H6Cl2S/c1-3-7(5,6)4-2/h3-4H,1-2H2. The number of rotatable bonds is 2. The predicted molar refractivity (Wildman–Crippen MR) is 39.7 cm³/mol. The maximum absolute atomic E-state index is 5.52. The summed E-state index contributed by atoms with van der Waals surface area (Å²) >= 11 is 0. The van der Waals surface area contributed by atoms with Gasteiger partial charge in [0.15, 0.2) is 0 Å². The second kappa shape index (κ2) is 2.65. The zero-order valence-electron chi connectivity index (χ0n) is 3.73. The van der Waals surface area contributed by atoms with Crippen molar-refractivity contribution in [2.45, 2.75) is 0 Å². The van der Waals surface area contributed by atoms with Crippen molar-refractivity contribution >= 4 is 29.8 Å². The molecule has 0 saturated carbocycles. The van der Waals surface area contributed by atoms with Gasteiger partial charge in [-0.25, -0.2) is 0 Å². The lowest BCUT2D eigenvalue weighted by atomic mass is 11.3. The Bertz CT molecular complexity index is 77.7. The lowest BCUT2D eigenvalue weighted by Crippen LogP contribution is -1.59. The van der Waals surface area contributed by atoms with Crippen LogP contribution in [0.3, 0.4) is 0 Å². The van der Waals surface area contributed by atoms with Crippen molar-refractivity contribution in [3.63, 3.8) is 0 Å². The van der Waals surface area contributed by atoms with Gasteiger partial charge in [0.05, 0.1) is 0 Å². The maximum Gasteiger partial charge on any atom is -0.0229 e. The highest BCUT2D eigenvalue weighted by molar-refractivity contribution is 8.69. The molecular weight excluding hydrogens is 151 g/mol. The molecule has 3 heteroatoms. The molecular formula is C4H6Cl2S. The smallest absolute Gasteiger partial charge is 0.0229 e. The van der Waals surface area contributed by atoms with Gasteiger partial charge < -0.3 is 0 Å². The lowest BCUT2D eigenvalue weighted by molar-refractivity contribution is 2.55. The molecule has 0 atom stereocenters. The Labute approximate surface area is 54.1 Å². The lowest BCUT2D eigenvalue weighted by Gasteiger charge is -2.10. The summed E-state index contributed by atoms with van der Waals surface area (Å²) in [4.78, 5) is 0. The van der Waals surface area contributed by atoms with Crippen LogP contribution < -0.4 is 0 Å². The number of hydrogen-bond acceptors (Lipinski definition) is 0. The van der Waals surface area contributed by atoms with Gasteiger partial charge in [-0.05, 0) is 40.6 Å². The average molecular weight is 157 g/mol. The summed E-state index contributed by atoms with van der Waals surface area (Å²) in [5.74, 6) is 0. The van der Waals surface area contributed by atoms with Crippen LogP contribution in [0.2, 0.25) is 0 Å². The molecule has 0 nitrogen and oxygen atoms in total. The van der Waals surface area contributed by atoms with Gasteiger partial charge in [-0.1, -0.05) is 13.2 Å². The Morgan fingerprint density at radius 1 is 1.14 bits per heavy atom. The molecule has 0 bridgehead atoms. The van der Waals surface area contributed by atoms with E-state index in [2.05, 4.69) is 13.2 Å². The van der Waals surface area contributed by atoms with Gasteiger partial charge in [-0.3, -0.25) is 0 Å². The highest BCUT2D eigenvalue weighted by Crippen LogP contribution is 2.60. The third kappa shape index (κ3) is 3.03. The third-order valence-electron chi connectivity index (χ3n) is 0.444. The van der Waals surface area contributed by atoms with Gasteiger partial charge in [-0.2, -0.15) is 0 Å². The minimum absolute atomic E-state index is 1.49. The molecule has 0 aliphatic heterocycles. The van der Waals surface area contributed by atoms with Crippen LogP contribution >= 0.6 is 29.8 Å². The fraction of sp³-hybridized carbons (Fsp3) is 0. The fourth-order valence-electron chi connectivity index (χ4n) is 0.0680. The van der Waals surface area contributed by atoms with Gasteiger partial charge in [0.2, 0.25) is 0 Å². The zero-order valence-corrected chi connectivity index (χ0v) is 6.06. The van der Waals surface area contributed by atoms with Crippen LogP contribution in [0.15, 0.2) is 24.0 Å². The fourth-order valence-corrected chi connectivity index (χ4v) is 0.204. The second-order valence-corrected chi connectivity index (χ2v) is 6.19. The first-order valence-corrected chi connectivity index (χ1v) is 5.01. The summed E-state index contributed by atoms with van der Waals surface area (Å²) < 4.78 is 0. The Morgan fingerprint density at radius 3 is 1.43 bits per heavy atom. The number of hydrogen-bond donors (Lipinski definition) is 0. The summed E-state index contributed by atoms with van der Waals surface area (Å²) in [5, 5.41) is 2.98. The highest BCUT2D eigenvalue weighted by Gasteiger charge is 2.03. The first kappa shape index (κ1) is 7.41. The van der Waals surface area contributed by atoms with Crippen LogP contribution in [0.5, 0.6) is 0 Å². The predicted octanol–water partition coefficient (Wildman–Crippen LogP) is 3.39. The quantitative estimate of drug-likeness (QED) is 0.576. The summed E-state index contributed by atoms with van der Waals surface area (Å²) in [6, 6.07) is 0. The second-order valence-electron chi connectivity index (χ2n) is 0.884. The van der Waals surface area contributed by atoms with E-state index < -0.39 is 8.46 Å². The molecule has 0 fully saturated rings. The molecule has 0 spiro atoms. The number of halogens is 2. The summed E-state index contributed by atoms with van der Waals surface area (Å²) in [6.07, 6.45) is 0. The molecule has 7 heavy (non-hydrogen) atoms. The van der Waals surface area contributed by atoms with Crippen molar-refractivity contribution in [3.8, 4) is 0 Å². The molecule has 0 aromatic heterocycles. The molecule has 0 unspecified atom stereocenters. The van der Waals surface area contributed by atoms with Crippen molar-refractivity contribution in [2.24, 2.45) is 0 Å². The van der Waals surface area contributed by atoms with E-state index in [1.165, 1.54) is 10.8 Å². The zero-order chi connectivity index (χ0) is 5.91. The molecule has 0 aromatic carbocycles. The van der Waals surface area contributed by atoms with E-state index in [0.717, 1.165) is 0 Å². The molecule has 42 valence electrons. The van der Waals surface area contributed by atoms with Crippen molar-refractivity contribution in [1.29, 1.82) is 0 Å². The van der Waals surface area contributed by atoms with Crippen LogP contribution in [0, 0.1) is 0 Å². The molecule has 0 N–H and O–H groups in total. The summed E-state index contributed by atoms with van der Waals surface area (Å²) in [7, 11) is 9.35. The Kier molecular flexibility index (Phi) is 2.81. The van der Waals surface area contributed by atoms with E-state index in [0.29, 0.717) is 0 Å². The normalized spacial score (nSPS) is 12.9. The minimum Gasteiger partial charge on any atom is -0.0917 e. The Morgan fingerprint density at radius 2 is 1.43 bits per heavy atom. The van der Waals surface area contributed by atoms with Gasteiger partial charge in [0.1, 0.15) is 0 Å². The molecule has 0 rings (SSSR count). The molecule has 0 radical (unpaired) electrons. The van der Waals surface area contributed by atoms with E-state index in [4.69, 9.17) is 21.4 Å². The van der Waals surface area contributed by atoms with Gasteiger partial charge >= 0.3 is 0 Å². The topological polar surface area (TPSA) is 0 Å². The molecule has 0 amide bonds. The SMILES string of the molecule is C=CS(Cl)(Cl)C=C. The maximum atomic E-state index is 5.52. The minimum atomic E-state index is -1.69. The Hall–Kier alpha value is 0.410. The van der Waals surface area contributed by atoms with Crippen molar-refractivity contribution in [2.75, 3.05) is 0 Å². The Balaban J connectivity index is 3.82. The third-order valence-corrected chi connectivity index (χ3v) is 2.85. The van der Waals surface area contributed by atoms with Crippen LogP contribution in [-0.4, -0.2) is 0 Å². The van der Waals surface area contributed by atoms with Gasteiger partial charge in [0, 0.05) is 0 Å². The molecule has 0 aliphatic carbocycles. The first-order chi connectivity index (χ1) is 3.12. The van der Waals surface area contributed by atoms with E-state index in [-0.39, 0.29) is 0 Å². The van der Waals surface area contributed by atoms with Crippen LogP contribution in [-0.2, 0) is 0 Å². The van der Waals surface area contributed by atoms with Crippen molar-refractivity contribution < 1.29 is 0 Å². The summed E-state index contributed by atoms with van der Waals surface area (Å²) in [5.41, 5.74) is 0. The van der Waals surface area contributed by atoms with E-state index in [1.807, 2.05) is 0 Å². The monoisotopic (exact) mass is 156 g/mol. The summed E-state index contributed by atoms with van der Waals surface area (Å²) in [6.45, 7) is 6.81. The molecule has 0 saturated heterocycles. The van der Waals surface area contributed by atoms with Crippen LogP contribution in [0.4, 0.5) is 0 Å². The van der Waals surface area contributed by atoms with E-state index in [9.17, 15) is 0 Å². The van der Waals surface area contributed by atoms with E-state index in [1.54, 1.807) is 0 Å². The first-order valence-electron chi connectivity index (χ1n) is 1.60.